The zero-order valence-electron chi connectivity index (χ0n) is 7.06. The largest absolute Gasteiger partial charge is 0.392 e. The highest BCUT2D eigenvalue weighted by Gasteiger charge is 2.15. The van der Waals surface area contributed by atoms with Gasteiger partial charge >= 0.3 is 0 Å². The number of aromatic amines is 1. The molecule has 0 aliphatic rings. The molecule has 1 heterocycles. The van der Waals surface area contributed by atoms with Crippen molar-refractivity contribution in [1.29, 1.82) is 0 Å². The molecule has 0 aliphatic heterocycles. The number of rotatable bonds is 4. The summed E-state index contributed by atoms with van der Waals surface area (Å²) in [6, 6.07) is 0. The SMILES string of the molecule is CC(O)CNS(=O)(=O)c1cnc[nH]1. The van der Waals surface area contributed by atoms with E-state index in [9.17, 15) is 8.42 Å². The van der Waals surface area contributed by atoms with Crippen LogP contribution < -0.4 is 4.72 Å². The summed E-state index contributed by atoms with van der Waals surface area (Å²) in [6.45, 7) is 1.48. The van der Waals surface area contributed by atoms with Gasteiger partial charge in [0.2, 0.25) is 0 Å². The minimum atomic E-state index is -3.54. The molecule has 0 aromatic carbocycles. The Kier molecular flexibility index (Phi) is 3.02. The molecule has 0 radical (unpaired) electrons. The molecular weight excluding hydrogens is 194 g/mol. The van der Waals surface area contributed by atoms with E-state index in [0.717, 1.165) is 0 Å². The van der Waals surface area contributed by atoms with E-state index in [0.29, 0.717) is 0 Å². The topological polar surface area (TPSA) is 95.1 Å². The number of aromatic nitrogens is 2. The molecule has 7 heteroatoms. The number of nitrogens with zero attached hydrogens (tertiary/aromatic N) is 1. The van der Waals surface area contributed by atoms with Gasteiger partial charge in [0.15, 0.2) is 5.03 Å². The number of nitrogens with one attached hydrogen (secondary N) is 2. The molecule has 0 saturated heterocycles. The van der Waals surface area contributed by atoms with E-state index in [1.165, 1.54) is 19.4 Å². The molecule has 13 heavy (non-hydrogen) atoms. The number of imidazole rings is 1. The van der Waals surface area contributed by atoms with Crippen LogP contribution in [0, 0.1) is 0 Å². The van der Waals surface area contributed by atoms with E-state index in [4.69, 9.17) is 5.11 Å². The summed E-state index contributed by atoms with van der Waals surface area (Å²) in [5.74, 6) is 0. The van der Waals surface area contributed by atoms with Crippen molar-refractivity contribution in [1.82, 2.24) is 14.7 Å². The Morgan fingerprint density at radius 3 is 2.92 bits per heavy atom. The van der Waals surface area contributed by atoms with Crippen LogP contribution in [0.2, 0.25) is 0 Å². The van der Waals surface area contributed by atoms with E-state index in [2.05, 4.69) is 14.7 Å². The van der Waals surface area contributed by atoms with Crippen LogP contribution in [0.4, 0.5) is 0 Å². The van der Waals surface area contributed by atoms with Crippen LogP contribution in [0.1, 0.15) is 6.92 Å². The fourth-order valence-corrected chi connectivity index (χ4v) is 1.72. The molecule has 0 bridgehead atoms. The predicted octanol–water partition coefficient (Wildman–Crippen LogP) is -0.931. The summed E-state index contributed by atoms with van der Waals surface area (Å²) in [7, 11) is -3.54. The van der Waals surface area contributed by atoms with Gasteiger partial charge in [-0.05, 0) is 6.92 Å². The summed E-state index contributed by atoms with van der Waals surface area (Å²) in [5, 5.41) is 8.85. The summed E-state index contributed by atoms with van der Waals surface area (Å²) < 4.78 is 24.8. The molecule has 3 N–H and O–H groups in total. The number of sulfonamides is 1. The molecule has 6 nitrogen and oxygen atoms in total. The molecule has 0 fully saturated rings. The maximum atomic E-state index is 11.3. The number of hydrogen-bond acceptors (Lipinski definition) is 4. The van der Waals surface area contributed by atoms with Crippen LogP contribution >= 0.6 is 0 Å². The highest BCUT2D eigenvalue weighted by Crippen LogP contribution is 2.01. The van der Waals surface area contributed by atoms with E-state index < -0.39 is 16.1 Å². The van der Waals surface area contributed by atoms with E-state index in [1.54, 1.807) is 0 Å². The van der Waals surface area contributed by atoms with Crippen molar-refractivity contribution in [2.75, 3.05) is 6.54 Å². The predicted molar refractivity (Wildman–Crippen MR) is 45.5 cm³/mol. The van der Waals surface area contributed by atoms with Gasteiger partial charge in [-0.15, -0.1) is 0 Å². The van der Waals surface area contributed by atoms with Gasteiger partial charge in [-0.2, -0.15) is 0 Å². The Morgan fingerprint density at radius 2 is 2.46 bits per heavy atom. The van der Waals surface area contributed by atoms with Crippen molar-refractivity contribution in [3.63, 3.8) is 0 Å². The number of H-pyrrole nitrogens is 1. The summed E-state index contributed by atoms with van der Waals surface area (Å²) in [6.07, 6.45) is 1.76. The monoisotopic (exact) mass is 205 g/mol. The molecule has 1 aromatic heterocycles. The average molecular weight is 205 g/mol. The summed E-state index contributed by atoms with van der Waals surface area (Å²) >= 11 is 0. The van der Waals surface area contributed by atoms with Crippen molar-refractivity contribution in [2.24, 2.45) is 0 Å². The van der Waals surface area contributed by atoms with Gasteiger partial charge in [0.25, 0.3) is 10.0 Å². The van der Waals surface area contributed by atoms with E-state index in [1.807, 2.05) is 0 Å². The van der Waals surface area contributed by atoms with Gasteiger partial charge in [0.05, 0.1) is 18.6 Å². The highest BCUT2D eigenvalue weighted by atomic mass is 32.2. The molecule has 0 spiro atoms. The lowest BCUT2D eigenvalue weighted by molar-refractivity contribution is 0.198. The van der Waals surface area contributed by atoms with E-state index in [-0.39, 0.29) is 11.6 Å². The highest BCUT2D eigenvalue weighted by molar-refractivity contribution is 7.89. The third-order valence-electron chi connectivity index (χ3n) is 1.33. The first-order valence-electron chi connectivity index (χ1n) is 3.68. The van der Waals surface area contributed by atoms with Crippen molar-refractivity contribution < 1.29 is 13.5 Å². The molecule has 74 valence electrons. The second-order valence-electron chi connectivity index (χ2n) is 2.62. The first kappa shape index (κ1) is 10.2. The van der Waals surface area contributed by atoms with Crippen molar-refractivity contribution in [3.8, 4) is 0 Å². The van der Waals surface area contributed by atoms with Gasteiger partial charge in [-0.3, -0.25) is 0 Å². The van der Waals surface area contributed by atoms with Crippen molar-refractivity contribution >= 4 is 10.0 Å². The normalized spacial score (nSPS) is 14.3. The Hall–Kier alpha value is -0.920. The van der Waals surface area contributed by atoms with Gasteiger partial charge in [0, 0.05) is 6.54 Å². The fraction of sp³-hybridized carbons (Fsp3) is 0.500. The lowest BCUT2D eigenvalue weighted by Gasteiger charge is -2.05. The second kappa shape index (κ2) is 3.86. The van der Waals surface area contributed by atoms with Crippen LogP contribution in [-0.2, 0) is 10.0 Å². The van der Waals surface area contributed by atoms with Crippen LogP contribution in [-0.4, -0.2) is 36.1 Å². The third kappa shape index (κ3) is 2.79. The molecule has 1 atom stereocenters. The smallest absolute Gasteiger partial charge is 0.257 e. The Bertz CT molecular complexity index is 343. The van der Waals surface area contributed by atoms with Crippen molar-refractivity contribution in [3.05, 3.63) is 12.5 Å². The van der Waals surface area contributed by atoms with Gasteiger partial charge in [0.1, 0.15) is 0 Å². The second-order valence-corrected chi connectivity index (χ2v) is 4.35. The molecule has 1 aromatic rings. The molecule has 0 aliphatic carbocycles. The zero-order valence-corrected chi connectivity index (χ0v) is 7.87. The summed E-state index contributed by atoms with van der Waals surface area (Å²) in [5.41, 5.74) is 0. The lowest BCUT2D eigenvalue weighted by Crippen LogP contribution is -2.30. The molecule has 1 unspecified atom stereocenters. The van der Waals surface area contributed by atoms with Crippen molar-refractivity contribution in [2.45, 2.75) is 18.1 Å². The number of hydrogen-bond donors (Lipinski definition) is 3. The first-order chi connectivity index (χ1) is 6.02. The zero-order chi connectivity index (χ0) is 9.90. The van der Waals surface area contributed by atoms with Gasteiger partial charge < -0.3 is 10.1 Å². The molecule has 0 saturated carbocycles. The standard InChI is InChI=1S/C6H11N3O3S/c1-5(10)2-9-13(11,12)6-3-7-4-8-6/h3-5,9-10H,2H2,1H3,(H,7,8). The lowest BCUT2D eigenvalue weighted by atomic mass is 10.4. The minimum Gasteiger partial charge on any atom is -0.392 e. The Labute approximate surface area is 76.1 Å². The summed E-state index contributed by atoms with van der Waals surface area (Å²) in [4.78, 5) is 6.04. The maximum Gasteiger partial charge on any atom is 0.257 e. The van der Waals surface area contributed by atoms with Crippen LogP contribution in [0.3, 0.4) is 0 Å². The maximum absolute atomic E-state index is 11.3. The third-order valence-corrected chi connectivity index (χ3v) is 2.68. The van der Waals surface area contributed by atoms with Crippen LogP contribution in [0.5, 0.6) is 0 Å². The number of aliphatic hydroxyl groups excluding tert-OH is 1. The van der Waals surface area contributed by atoms with Crippen LogP contribution in [0.25, 0.3) is 0 Å². The molecular formula is C6H11N3O3S. The minimum absolute atomic E-state index is 0.00634. The molecule has 0 amide bonds. The quantitative estimate of drug-likeness (QED) is 0.591. The van der Waals surface area contributed by atoms with E-state index >= 15 is 0 Å². The molecule has 1 rings (SSSR count). The van der Waals surface area contributed by atoms with Crippen LogP contribution in [0.15, 0.2) is 17.6 Å². The Morgan fingerprint density at radius 1 is 1.77 bits per heavy atom. The Balaban J connectivity index is 2.68. The number of aliphatic hydroxyl groups is 1. The fourth-order valence-electron chi connectivity index (χ4n) is 0.698. The average Bonchev–Trinajstić information content (AvgIpc) is 2.53. The van der Waals surface area contributed by atoms with Gasteiger partial charge in [-0.25, -0.2) is 18.1 Å². The van der Waals surface area contributed by atoms with Gasteiger partial charge in [-0.1, -0.05) is 0 Å². The first-order valence-corrected chi connectivity index (χ1v) is 5.17.